The number of amides is 4. The van der Waals surface area contributed by atoms with E-state index in [2.05, 4.69) is 21.3 Å². The molecule has 0 bridgehead atoms. The van der Waals surface area contributed by atoms with Gasteiger partial charge < -0.3 is 32.1 Å². The van der Waals surface area contributed by atoms with E-state index in [1.807, 2.05) is 6.26 Å². The van der Waals surface area contributed by atoms with Crippen LogP contribution in [0.5, 0.6) is 0 Å². The summed E-state index contributed by atoms with van der Waals surface area (Å²) in [4.78, 5) is 58.9. The van der Waals surface area contributed by atoms with E-state index in [4.69, 9.17) is 5.73 Å². The van der Waals surface area contributed by atoms with Gasteiger partial charge in [0.25, 0.3) is 0 Å². The number of hydrogen-bond donors (Lipinski definition) is 6. The molecule has 3 unspecified atom stereocenters. The number of nitrogens with one attached hydrogen (secondary N) is 4. The minimum Gasteiger partial charge on any atom is -0.480 e. The molecule has 0 aromatic heterocycles. The van der Waals surface area contributed by atoms with Crippen LogP contribution in [0, 0.1) is 0 Å². The normalized spacial score (nSPS) is 17.8. The van der Waals surface area contributed by atoms with Gasteiger partial charge in [0.05, 0.1) is 12.6 Å². The minimum absolute atomic E-state index is 0.0834. The van der Waals surface area contributed by atoms with Crippen molar-refractivity contribution < 1.29 is 29.1 Å². The summed E-state index contributed by atoms with van der Waals surface area (Å²) in [5, 5.41) is 19.5. The Bertz CT molecular complexity index is 611. The number of carbonyl (C=O) groups excluding carboxylic acids is 4. The van der Waals surface area contributed by atoms with Gasteiger partial charge >= 0.3 is 5.97 Å². The lowest BCUT2D eigenvalue weighted by molar-refractivity contribution is -0.142. The lowest BCUT2D eigenvalue weighted by Crippen LogP contribution is -2.54. The molecule has 11 nitrogen and oxygen atoms in total. The molecule has 1 fully saturated rings. The highest BCUT2D eigenvalue weighted by atomic mass is 32.2. The zero-order chi connectivity index (χ0) is 21.8. The second-order valence-corrected chi connectivity index (χ2v) is 7.66. The van der Waals surface area contributed by atoms with Crippen molar-refractivity contribution in [1.82, 2.24) is 21.3 Å². The number of thioether (sulfide) groups is 1. The first kappa shape index (κ1) is 24.7. The van der Waals surface area contributed by atoms with Gasteiger partial charge in [0.2, 0.25) is 23.6 Å². The third-order valence-corrected chi connectivity index (χ3v) is 5.00. The molecule has 1 aliphatic heterocycles. The highest BCUT2D eigenvalue weighted by Gasteiger charge is 2.27. The third-order valence-electron chi connectivity index (χ3n) is 4.36. The smallest absolute Gasteiger partial charge is 0.326 e. The predicted molar refractivity (Wildman–Crippen MR) is 107 cm³/mol. The largest absolute Gasteiger partial charge is 0.480 e. The number of primary amides is 1. The summed E-state index contributed by atoms with van der Waals surface area (Å²) in [5.74, 6) is -2.98. The van der Waals surface area contributed by atoms with Gasteiger partial charge in [-0.3, -0.25) is 19.2 Å². The SMILES string of the molecule is CSCCC(NC(=O)C(CCC(N)=O)NC(=O)CNC(=O)C1CCCN1)C(=O)O. The fraction of sp³-hybridized carbons (Fsp3) is 0.706. The monoisotopic (exact) mass is 431 g/mol. The Morgan fingerprint density at radius 1 is 1.17 bits per heavy atom. The van der Waals surface area contributed by atoms with Gasteiger partial charge in [0.15, 0.2) is 0 Å². The molecular formula is C17H29N5O6S. The van der Waals surface area contributed by atoms with E-state index in [1.54, 1.807) is 0 Å². The predicted octanol–water partition coefficient (Wildman–Crippen LogP) is -2.07. The minimum atomic E-state index is -1.19. The topological polar surface area (TPSA) is 180 Å². The van der Waals surface area contributed by atoms with E-state index in [9.17, 15) is 29.1 Å². The number of carboxylic acid groups (broad SMARTS) is 1. The molecule has 1 heterocycles. The third kappa shape index (κ3) is 9.61. The maximum Gasteiger partial charge on any atom is 0.326 e. The summed E-state index contributed by atoms with van der Waals surface area (Å²) in [6, 6.07) is -2.60. The summed E-state index contributed by atoms with van der Waals surface area (Å²) in [5.41, 5.74) is 5.11. The standard InChI is InChI=1S/C17H29N5O6S/c1-29-8-6-12(17(27)28)22-16(26)11(4-5-13(18)23)21-14(24)9-20-15(25)10-3-2-7-19-10/h10-12,19H,2-9H2,1H3,(H2,18,23)(H,20,25)(H,21,24)(H,22,26)(H,27,28). The van der Waals surface area contributed by atoms with Crippen LogP contribution < -0.4 is 27.0 Å². The first-order valence-corrected chi connectivity index (χ1v) is 10.7. The second-order valence-electron chi connectivity index (χ2n) is 6.67. The van der Waals surface area contributed by atoms with Crippen molar-refractivity contribution in [2.75, 3.05) is 25.1 Å². The van der Waals surface area contributed by atoms with Crippen LogP contribution >= 0.6 is 11.8 Å². The lowest BCUT2D eigenvalue weighted by Gasteiger charge is -2.21. The van der Waals surface area contributed by atoms with E-state index >= 15 is 0 Å². The Balaban J connectivity index is 2.63. The quantitative estimate of drug-likeness (QED) is 0.192. The number of rotatable bonds is 13. The summed E-state index contributed by atoms with van der Waals surface area (Å²) in [7, 11) is 0. The molecule has 7 N–H and O–H groups in total. The molecule has 0 radical (unpaired) electrons. The molecule has 0 aromatic carbocycles. The molecule has 12 heteroatoms. The molecule has 1 aliphatic rings. The van der Waals surface area contributed by atoms with E-state index < -0.39 is 35.8 Å². The van der Waals surface area contributed by atoms with Gasteiger partial charge in [-0.05, 0) is 44.2 Å². The zero-order valence-electron chi connectivity index (χ0n) is 16.4. The number of aliphatic carboxylic acids is 1. The molecule has 0 spiro atoms. The van der Waals surface area contributed by atoms with E-state index in [0.29, 0.717) is 12.2 Å². The van der Waals surface area contributed by atoms with Gasteiger partial charge in [0.1, 0.15) is 12.1 Å². The fourth-order valence-corrected chi connectivity index (χ4v) is 3.24. The Morgan fingerprint density at radius 3 is 2.45 bits per heavy atom. The molecule has 29 heavy (non-hydrogen) atoms. The molecule has 1 saturated heterocycles. The Morgan fingerprint density at radius 2 is 1.90 bits per heavy atom. The van der Waals surface area contributed by atoms with Crippen molar-refractivity contribution in [3.05, 3.63) is 0 Å². The molecule has 4 amide bonds. The van der Waals surface area contributed by atoms with Crippen molar-refractivity contribution in [3.63, 3.8) is 0 Å². The Labute approximate surface area is 173 Å². The average molecular weight is 432 g/mol. The fourth-order valence-electron chi connectivity index (χ4n) is 2.77. The molecule has 0 aromatic rings. The first-order chi connectivity index (χ1) is 13.7. The van der Waals surface area contributed by atoms with Crippen molar-refractivity contribution in [1.29, 1.82) is 0 Å². The Kier molecular flexibility index (Phi) is 11.1. The van der Waals surface area contributed by atoms with Crippen LogP contribution in [0.15, 0.2) is 0 Å². The highest BCUT2D eigenvalue weighted by Crippen LogP contribution is 2.05. The van der Waals surface area contributed by atoms with Crippen LogP contribution in [0.4, 0.5) is 0 Å². The summed E-state index contributed by atoms with van der Waals surface area (Å²) < 4.78 is 0. The van der Waals surface area contributed by atoms with Crippen LogP contribution in [0.1, 0.15) is 32.1 Å². The summed E-state index contributed by atoms with van der Waals surface area (Å²) in [6.07, 6.45) is 3.33. The van der Waals surface area contributed by atoms with E-state index in [1.165, 1.54) is 11.8 Å². The van der Waals surface area contributed by atoms with Crippen molar-refractivity contribution >= 4 is 41.4 Å². The zero-order valence-corrected chi connectivity index (χ0v) is 17.2. The number of carboxylic acids is 1. The first-order valence-electron chi connectivity index (χ1n) is 9.35. The number of hydrogen-bond acceptors (Lipinski definition) is 7. The maximum absolute atomic E-state index is 12.5. The molecule has 1 rings (SSSR count). The van der Waals surface area contributed by atoms with Crippen molar-refractivity contribution in [2.45, 2.75) is 50.2 Å². The lowest BCUT2D eigenvalue weighted by atomic mass is 10.1. The van der Waals surface area contributed by atoms with Crippen LogP contribution in [-0.4, -0.2) is 77.9 Å². The van der Waals surface area contributed by atoms with Crippen LogP contribution in [0.25, 0.3) is 0 Å². The van der Waals surface area contributed by atoms with Crippen molar-refractivity contribution in [3.8, 4) is 0 Å². The number of carbonyl (C=O) groups is 5. The van der Waals surface area contributed by atoms with Crippen LogP contribution in [-0.2, 0) is 24.0 Å². The van der Waals surface area contributed by atoms with Crippen LogP contribution in [0.2, 0.25) is 0 Å². The van der Waals surface area contributed by atoms with E-state index in [-0.39, 0.29) is 37.8 Å². The highest BCUT2D eigenvalue weighted by molar-refractivity contribution is 7.98. The molecular weight excluding hydrogens is 402 g/mol. The van der Waals surface area contributed by atoms with Gasteiger partial charge in [0, 0.05) is 6.42 Å². The molecule has 164 valence electrons. The Hall–Kier alpha value is -2.34. The van der Waals surface area contributed by atoms with Crippen LogP contribution in [0.3, 0.4) is 0 Å². The van der Waals surface area contributed by atoms with E-state index in [0.717, 1.165) is 13.0 Å². The second kappa shape index (κ2) is 13.0. The average Bonchev–Trinajstić information content (AvgIpc) is 3.20. The van der Waals surface area contributed by atoms with Crippen molar-refractivity contribution in [2.24, 2.45) is 5.73 Å². The van der Waals surface area contributed by atoms with Gasteiger partial charge in [-0.1, -0.05) is 0 Å². The van der Waals surface area contributed by atoms with Gasteiger partial charge in [-0.25, -0.2) is 4.79 Å². The maximum atomic E-state index is 12.5. The van der Waals surface area contributed by atoms with Gasteiger partial charge in [-0.15, -0.1) is 0 Å². The molecule has 3 atom stereocenters. The summed E-state index contributed by atoms with van der Waals surface area (Å²) in [6.45, 7) is 0.396. The summed E-state index contributed by atoms with van der Waals surface area (Å²) >= 11 is 1.44. The molecule has 0 aliphatic carbocycles. The van der Waals surface area contributed by atoms with Gasteiger partial charge in [-0.2, -0.15) is 11.8 Å². The number of nitrogens with two attached hydrogens (primary N) is 1. The molecule has 0 saturated carbocycles.